The van der Waals surface area contributed by atoms with Gasteiger partial charge in [0, 0.05) is 12.6 Å². The molecule has 1 atom stereocenters. The lowest BCUT2D eigenvalue weighted by molar-refractivity contribution is -0.141. The summed E-state index contributed by atoms with van der Waals surface area (Å²) in [6, 6.07) is 0. The maximum Gasteiger partial charge on any atom is 0.397 e. The van der Waals surface area contributed by atoms with Crippen LogP contribution in [0.1, 0.15) is 6.92 Å². The molecule has 15 heavy (non-hydrogen) atoms. The molecule has 0 saturated heterocycles. The quantitative estimate of drug-likeness (QED) is 0.387. The zero-order valence-electron chi connectivity index (χ0n) is 8.54. The van der Waals surface area contributed by atoms with Crippen molar-refractivity contribution in [2.45, 2.75) is 13.0 Å². The largest absolute Gasteiger partial charge is 0.458 e. The van der Waals surface area contributed by atoms with Crippen LogP contribution in [0, 0.1) is 0 Å². The third kappa shape index (κ3) is 15.8. The average molecular weight is 241 g/mol. The van der Waals surface area contributed by atoms with Crippen LogP contribution in [0.5, 0.6) is 0 Å². The monoisotopic (exact) mass is 241 g/mol. The third-order valence-electron chi connectivity index (χ3n) is 1.03. The molecule has 0 aliphatic rings. The lowest BCUT2D eigenvalue weighted by Gasteiger charge is -2.06. The zero-order valence-corrected chi connectivity index (χ0v) is 9.36. The molecule has 0 aliphatic carbocycles. The molecule has 0 aromatic heterocycles. The predicted octanol–water partition coefficient (Wildman–Crippen LogP) is -0.502. The maximum absolute atomic E-state index is 10.4. The van der Waals surface area contributed by atoms with Gasteiger partial charge in [0.25, 0.3) is 0 Å². The normalized spacial score (nSPS) is 12.0. The predicted molar refractivity (Wildman–Crippen MR) is 53.4 cm³/mol. The van der Waals surface area contributed by atoms with Crippen LogP contribution in [0.3, 0.4) is 0 Å². The Kier molecular flexibility index (Phi) is 9.18. The molecule has 8 heteroatoms. The summed E-state index contributed by atoms with van der Waals surface area (Å²) in [5.41, 5.74) is 5.16. The first-order valence-corrected chi connectivity index (χ1v) is 5.19. The van der Waals surface area contributed by atoms with E-state index >= 15 is 0 Å². The first kappa shape index (κ1) is 16.5. The molecule has 1 unspecified atom stereocenters. The molecule has 7 nitrogen and oxygen atoms in total. The Balaban J connectivity index is 0. The number of hydrogen-bond donors (Lipinski definition) is 2. The van der Waals surface area contributed by atoms with Crippen molar-refractivity contribution in [2.24, 2.45) is 5.73 Å². The second-order valence-corrected chi connectivity index (χ2v) is 3.47. The van der Waals surface area contributed by atoms with Crippen LogP contribution in [0.15, 0.2) is 12.7 Å². The lowest BCUT2D eigenvalue weighted by atomic mass is 10.4. The van der Waals surface area contributed by atoms with Gasteiger partial charge in [0.1, 0.15) is 6.10 Å². The standard InChI is InChI=1S/C6H11NO2.CH4O4S/c1-3-6(8)9-5(2)4-7;1-5-6(2,3)4/h3,5H,1,4,7H2,2H3;1H3,(H,2,3,4). The minimum atomic E-state index is -4.16. The van der Waals surface area contributed by atoms with E-state index in [1.54, 1.807) is 6.92 Å². The van der Waals surface area contributed by atoms with Gasteiger partial charge >= 0.3 is 16.4 Å². The smallest absolute Gasteiger partial charge is 0.397 e. The Morgan fingerprint density at radius 3 is 2.27 bits per heavy atom. The fourth-order valence-corrected chi connectivity index (χ4v) is 0.295. The fraction of sp³-hybridized carbons (Fsp3) is 0.571. The summed E-state index contributed by atoms with van der Waals surface area (Å²) in [4.78, 5) is 10.4. The number of rotatable bonds is 4. The number of carbonyl (C=O) groups is 1. The van der Waals surface area contributed by atoms with Crippen LogP contribution in [-0.2, 0) is 24.1 Å². The minimum Gasteiger partial charge on any atom is -0.458 e. The summed E-state index contributed by atoms with van der Waals surface area (Å²) in [5.74, 6) is -0.423. The van der Waals surface area contributed by atoms with Crippen LogP contribution in [0.2, 0.25) is 0 Å². The van der Waals surface area contributed by atoms with E-state index in [9.17, 15) is 13.2 Å². The van der Waals surface area contributed by atoms with Crippen molar-refractivity contribution in [3.63, 3.8) is 0 Å². The summed E-state index contributed by atoms with van der Waals surface area (Å²) >= 11 is 0. The molecule has 0 bridgehead atoms. The van der Waals surface area contributed by atoms with Crippen molar-refractivity contribution in [1.29, 1.82) is 0 Å². The van der Waals surface area contributed by atoms with Gasteiger partial charge in [-0.05, 0) is 6.92 Å². The highest BCUT2D eigenvalue weighted by Crippen LogP contribution is 1.87. The Morgan fingerprint density at radius 2 is 2.07 bits per heavy atom. The summed E-state index contributed by atoms with van der Waals surface area (Å²) in [6.07, 6.45) is 0.905. The molecule has 0 radical (unpaired) electrons. The number of ether oxygens (including phenoxy) is 1. The van der Waals surface area contributed by atoms with Crippen LogP contribution in [0.4, 0.5) is 0 Å². The van der Waals surface area contributed by atoms with Gasteiger partial charge in [0.2, 0.25) is 0 Å². The Morgan fingerprint density at radius 1 is 1.67 bits per heavy atom. The van der Waals surface area contributed by atoms with Crippen molar-refractivity contribution in [3.8, 4) is 0 Å². The number of esters is 1. The van der Waals surface area contributed by atoms with Crippen LogP contribution in [-0.4, -0.2) is 38.7 Å². The van der Waals surface area contributed by atoms with Gasteiger partial charge in [-0.2, -0.15) is 8.42 Å². The van der Waals surface area contributed by atoms with Crippen molar-refractivity contribution in [3.05, 3.63) is 12.7 Å². The average Bonchev–Trinajstić information content (AvgIpc) is 2.17. The molecule has 0 aromatic rings. The first-order valence-electron chi connectivity index (χ1n) is 3.83. The first-order chi connectivity index (χ1) is 6.76. The summed E-state index contributed by atoms with van der Waals surface area (Å²) in [6.45, 7) is 5.30. The van der Waals surface area contributed by atoms with E-state index in [0.717, 1.165) is 13.2 Å². The summed E-state index contributed by atoms with van der Waals surface area (Å²) in [5, 5.41) is 0. The molecule has 0 saturated carbocycles. The molecule has 90 valence electrons. The van der Waals surface area contributed by atoms with Gasteiger partial charge in [-0.25, -0.2) is 4.79 Å². The fourth-order valence-electron chi connectivity index (χ4n) is 0.295. The van der Waals surface area contributed by atoms with Gasteiger partial charge in [0.15, 0.2) is 0 Å². The molecule has 0 spiro atoms. The second kappa shape index (κ2) is 8.36. The Hall–Kier alpha value is -0.960. The van der Waals surface area contributed by atoms with Crippen molar-refractivity contribution < 1.29 is 26.7 Å². The molecule has 0 aromatic carbocycles. The van der Waals surface area contributed by atoms with Gasteiger partial charge in [-0.15, -0.1) is 0 Å². The van der Waals surface area contributed by atoms with Crippen molar-refractivity contribution in [1.82, 2.24) is 0 Å². The highest BCUT2D eigenvalue weighted by atomic mass is 32.3. The van der Waals surface area contributed by atoms with Gasteiger partial charge in [-0.1, -0.05) is 6.58 Å². The van der Waals surface area contributed by atoms with Crippen molar-refractivity contribution in [2.75, 3.05) is 13.7 Å². The topological polar surface area (TPSA) is 116 Å². The summed E-state index contributed by atoms with van der Waals surface area (Å²) < 4.78 is 34.4. The number of nitrogens with two attached hydrogens (primary N) is 1. The van der Waals surface area contributed by atoms with Gasteiger partial charge in [0.05, 0.1) is 7.11 Å². The van der Waals surface area contributed by atoms with Crippen LogP contribution in [0.25, 0.3) is 0 Å². The molecule has 0 fully saturated rings. The van der Waals surface area contributed by atoms with E-state index in [2.05, 4.69) is 15.5 Å². The highest BCUT2D eigenvalue weighted by molar-refractivity contribution is 7.80. The third-order valence-corrected chi connectivity index (χ3v) is 1.45. The van der Waals surface area contributed by atoms with E-state index in [0.29, 0.717) is 6.54 Å². The minimum absolute atomic E-state index is 0.213. The zero-order chi connectivity index (χ0) is 12.5. The SMILES string of the molecule is C=CC(=O)OC(C)CN.COS(=O)(=O)O. The van der Waals surface area contributed by atoms with Crippen molar-refractivity contribution >= 4 is 16.4 Å². The maximum atomic E-state index is 10.4. The molecule has 0 rings (SSSR count). The number of carbonyl (C=O) groups excluding carboxylic acids is 1. The van der Waals surface area contributed by atoms with E-state index in [-0.39, 0.29) is 6.10 Å². The summed E-state index contributed by atoms with van der Waals surface area (Å²) in [7, 11) is -3.29. The Bertz CT molecular complexity index is 286. The molecule has 0 aliphatic heterocycles. The molecule has 3 N–H and O–H groups in total. The van der Waals surface area contributed by atoms with E-state index in [1.165, 1.54) is 0 Å². The van der Waals surface area contributed by atoms with E-state index in [1.807, 2.05) is 0 Å². The number of hydrogen-bond acceptors (Lipinski definition) is 6. The lowest BCUT2D eigenvalue weighted by Crippen LogP contribution is -2.22. The molecular formula is C7H15NO6S. The molecular weight excluding hydrogens is 226 g/mol. The van der Waals surface area contributed by atoms with Crippen LogP contribution < -0.4 is 5.73 Å². The molecule has 0 heterocycles. The highest BCUT2D eigenvalue weighted by Gasteiger charge is 2.01. The Labute approximate surface area is 88.8 Å². The van der Waals surface area contributed by atoms with Gasteiger partial charge in [-0.3, -0.25) is 8.74 Å². The molecule has 0 amide bonds. The van der Waals surface area contributed by atoms with Crippen LogP contribution >= 0.6 is 0 Å². The van der Waals surface area contributed by atoms with E-state index in [4.69, 9.17) is 10.3 Å². The second-order valence-electron chi connectivity index (χ2n) is 2.28. The van der Waals surface area contributed by atoms with Gasteiger partial charge < -0.3 is 10.5 Å². The van der Waals surface area contributed by atoms with E-state index < -0.39 is 16.4 Å².